The first kappa shape index (κ1) is 28.3. The van der Waals surface area contributed by atoms with E-state index in [1.54, 1.807) is 36.4 Å². The van der Waals surface area contributed by atoms with Gasteiger partial charge in [0.25, 0.3) is 15.9 Å². The number of piperazine rings is 1. The van der Waals surface area contributed by atoms with E-state index in [0.29, 0.717) is 21.1 Å². The minimum Gasteiger partial charge on any atom is -0.619 e. The number of benzene rings is 1. The molecule has 2 atom stereocenters. The molecule has 2 unspecified atom stereocenters. The second-order valence-electron chi connectivity index (χ2n) is 9.36. The number of hydrogen-bond acceptors (Lipinski definition) is 9. The molecule has 1 aromatic carbocycles. The highest BCUT2D eigenvalue weighted by atomic mass is 35.5. The van der Waals surface area contributed by atoms with E-state index in [0.717, 1.165) is 21.4 Å². The summed E-state index contributed by atoms with van der Waals surface area (Å²) in [5.41, 5.74) is 0.784. The van der Waals surface area contributed by atoms with Crippen LogP contribution in [0.5, 0.6) is 0 Å². The van der Waals surface area contributed by atoms with Crippen molar-refractivity contribution in [3.05, 3.63) is 77.0 Å². The van der Waals surface area contributed by atoms with Crippen LogP contribution in [0.15, 0.2) is 65.4 Å². The molecule has 1 fully saturated rings. The van der Waals surface area contributed by atoms with Crippen molar-refractivity contribution in [1.29, 1.82) is 0 Å². The summed E-state index contributed by atoms with van der Waals surface area (Å²) in [6, 6.07) is 8.60. The van der Waals surface area contributed by atoms with Gasteiger partial charge in [-0.15, -0.1) is 11.3 Å². The van der Waals surface area contributed by atoms with Crippen LogP contribution in [0.1, 0.15) is 23.2 Å². The molecule has 1 saturated heterocycles. The molecule has 210 valence electrons. The van der Waals surface area contributed by atoms with E-state index >= 15 is 0 Å². The van der Waals surface area contributed by atoms with Crippen molar-refractivity contribution in [2.75, 3.05) is 26.3 Å². The number of halogens is 1. The molecule has 1 amide bonds. The maximum absolute atomic E-state index is 13.7. The van der Waals surface area contributed by atoms with Crippen LogP contribution in [0, 0.1) is 5.21 Å². The highest BCUT2D eigenvalue weighted by molar-refractivity contribution is 7.91. The number of nitrogens with zero attached hydrogens (tertiary/aromatic N) is 5. The lowest BCUT2D eigenvalue weighted by Crippen LogP contribution is -2.61. The summed E-state index contributed by atoms with van der Waals surface area (Å²) in [6.45, 7) is -0.578. The van der Waals surface area contributed by atoms with Crippen LogP contribution in [0.25, 0.3) is 21.5 Å². The molecule has 0 radical (unpaired) electrons. The second kappa shape index (κ2) is 11.7. The van der Waals surface area contributed by atoms with E-state index in [2.05, 4.69) is 9.97 Å². The Bertz CT molecular complexity index is 1600. The lowest BCUT2D eigenvalue weighted by Gasteiger charge is -2.46. The fourth-order valence-corrected chi connectivity index (χ4v) is 8.18. The fourth-order valence-electron chi connectivity index (χ4n) is 4.84. The quantitative estimate of drug-likeness (QED) is 0.230. The summed E-state index contributed by atoms with van der Waals surface area (Å²) >= 11 is 7.20. The molecular weight excluding hydrogens is 578 g/mol. The predicted octanol–water partition coefficient (Wildman–Crippen LogP) is 2.29. The van der Waals surface area contributed by atoms with Crippen molar-refractivity contribution in [3.63, 3.8) is 0 Å². The van der Waals surface area contributed by atoms with Crippen LogP contribution in [0.2, 0.25) is 5.02 Å². The Morgan fingerprint density at radius 3 is 2.27 bits per heavy atom. The summed E-state index contributed by atoms with van der Waals surface area (Å²) in [5.74, 6) is -0.0982. The summed E-state index contributed by atoms with van der Waals surface area (Å²) in [4.78, 5) is 23.8. The Morgan fingerprint density at radius 2 is 1.68 bits per heavy atom. The molecule has 0 bridgehead atoms. The first-order chi connectivity index (χ1) is 19.2. The van der Waals surface area contributed by atoms with Crippen molar-refractivity contribution in [1.82, 2.24) is 19.2 Å². The lowest BCUT2D eigenvalue weighted by molar-refractivity contribution is -0.605. The molecule has 4 aromatic rings. The zero-order chi connectivity index (χ0) is 28.4. The van der Waals surface area contributed by atoms with E-state index in [-0.39, 0.29) is 48.9 Å². The average Bonchev–Trinajstić information content (AvgIpc) is 3.38. The maximum atomic E-state index is 13.7. The van der Waals surface area contributed by atoms with Gasteiger partial charge in [0.2, 0.25) is 0 Å². The van der Waals surface area contributed by atoms with E-state index in [1.807, 2.05) is 0 Å². The standard InChI is InChI=1S/C26H26ClN5O6S2/c27-20-2-1-18-11-24(39-23(18)12-20)40(37,38)31-15-21(5-9-33)32(22(16-31)6-10-34)26(35)19-13-28-25(29-14-19)17-3-7-30(36)8-4-17/h1-4,7-8,11-14,21-22,33-34H,5-6,9-10,15-16H2. The molecule has 0 saturated carbocycles. The van der Waals surface area contributed by atoms with E-state index in [4.69, 9.17) is 11.6 Å². The Labute approximate surface area is 239 Å². The van der Waals surface area contributed by atoms with Gasteiger partial charge < -0.3 is 20.3 Å². The topological polar surface area (TPSA) is 151 Å². The molecule has 4 heterocycles. The Hall–Kier alpha value is -3.20. The van der Waals surface area contributed by atoms with Gasteiger partial charge in [-0.25, -0.2) is 18.4 Å². The number of fused-ring (bicyclic) bond motifs is 1. The Morgan fingerprint density at radius 1 is 1.05 bits per heavy atom. The minimum absolute atomic E-state index is 0.0241. The third kappa shape index (κ3) is 5.66. The molecule has 3 aromatic heterocycles. The van der Waals surface area contributed by atoms with Crippen molar-refractivity contribution in [3.8, 4) is 11.4 Å². The van der Waals surface area contributed by atoms with Gasteiger partial charge in [-0.1, -0.05) is 17.7 Å². The van der Waals surface area contributed by atoms with Gasteiger partial charge in [0.1, 0.15) is 4.21 Å². The minimum atomic E-state index is -3.93. The van der Waals surface area contributed by atoms with Crippen molar-refractivity contribution >= 4 is 49.0 Å². The van der Waals surface area contributed by atoms with Gasteiger partial charge in [-0.05, 0) is 36.4 Å². The summed E-state index contributed by atoms with van der Waals surface area (Å²) in [5, 5.41) is 32.2. The first-order valence-electron chi connectivity index (χ1n) is 12.5. The van der Waals surface area contributed by atoms with Crippen LogP contribution >= 0.6 is 22.9 Å². The highest BCUT2D eigenvalue weighted by Gasteiger charge is 2.42. The average molecular weight is 604 g/mol. The lowest BCUT2D eigenvalue weighted by atomic mass is 10.0. The van der Waals surface area contributed by atoms with Crippen LogP contribution in [-0.2, 0) is 10.0 Å². The number of thiophene rings is 1. The summed E-state index contributed by atoms with van der Waals surface area (Å²) < 4.78 is 30.3. The number of pyridine rings is 1. The number of carbonyl (C=O) groups is 1. The van der Waals surface area contributed by atoms with Gasteiger partial charge >= 0.3 is 0 Å². The first-order valence-corrected chi connectivity index (χ1v) is 15.1. The number of sulfonamides is 1. The van der Waals surface area contributed by atoms with Gasteiger partial charge in [0, 0.05) is 78.2 Å². The van der Waals surface area contributed by atoms with Crippen molar-refractivity contribution < 1.29 is 28.2 Å². The number of aliphatic hydroxyl groups excluding tert-OH is 2. The van der Waals surface area contributed by atoms with Crippen LogP contribution in [-0.4, -0.2) is 82.1 Å². The Balaban J connectivity index is 1.43. The zero-order valence-corrected chi connectivity index (χ0v) is 23.5. The highest BCUT2D eigenvalue weighted by Crippen LogP contribution is 2.35. The molecule has 1 aliphatic rings. The number of rotatable bonds is 8. The van der Waals surface area contributed by atoms with Crippen LogP contribution in [0.4, 0.5) is 0 Å². The Kier molecular flexibility index (Phi) is 8.31. The monoisotopic (exact) mass is 603 g/mol. The third-order valence-corrected chi connectivity index (χ3v) is 10.4. The third-order valence-electron chi connectivity index (χ3n) is 6.79. The van der Waals surface area contributed by atoms with Gasteiger partial charge in [0.15, 0.2) is 18.2 Å². The number of carbonyl (C=O) groups excluding carboxylic acids is 1. The maximum Gasteiger partial charge on any atom is 0.257 e. The summed E-state index contributed by atoms with van der Waals surface area (Å²) in [6.07, 6.45) is 5.66. The molecule has 0 aliphatic carbocycles. The number of amides is 1. The summed E-state index contributed by atoms with van der Waals surface area (Å²) in [7, 11) is -3.93. The largest absolute Gasteiger partial charge is 0.619 e. The molecule has 14 heteroatoms. The second-order valence-corrected chi connectivity index (χ2v) is 13.0. The van der Waals surface area contributed by atoms with Crippen molar-refractivity contribution in [2.24, 2.45) is 0 Å². The van der Waals surface area contributed by atoms with E-state index < -0.39 is 28.0 Å². The van der Waals surface area contributed by atoms with E-state index in [9.17, 15) is 28.6 Å². The van der Waals surface area contributed by atoms with Gasteiger partial charge in [-0.2, -0.15) is 9.04 Å². The number of aromatic nitrogens is 3. The number of hydrogen-bond donors (Lipinski definition) is 2. The molecule has 5 rings (SSSR count). The smallest absolute Gasteiger partial charge is 0.257 e. The molecule has 2 N–H and O–H groups in total. The zero-order valence-electron chi connectivity index (χ0n) is 21.1. The van der Waals surface area contributed by atoms with E-state index in [1.165, 1.54) is 34.0 Å². The molecule has 1 aliphatic heterocycles. The van der Waals surface area contributed by atoms with Crippen molar-refractivity contribution in [2.45, 2.75) is 29.1 Å². The SMILES string of the molecule is O=C(c1cnc(-c2cc[n+]([O-])cc2)nc1)N1C(CCO)CN(S(=O)(=O)c2cc3ccc(Cl)cc3s2)CC1CCO. The fraction of sp³-hybridized carbons (Fsp3) is 0.308. The number of aliphatic hydroxyl groups is 2. The van der Waals surface area contributed by atoms with Gasteiger partial charge in [-0.3, -0.25) is 4.79 Å². The molecule has 11 nitrogen and oxygen atoms in total. The predicted molar refractivity (Wildman–Crippen MR) is 149 cm³/mol. The van der Waals surface area contributed by atoms with Crippen LogP contribution < -0.4 is 4.73 Å². The molecule has 40 heavy (non-hydrogen) atoms. The van der Waals surface area contributed by atoms with Crippen LogP contribution in [0.3, 0.4) is 0 Å². The molecular formula is C26H26ClN5O6S2. The molecule has 0 spiro atoms. The van der Waals surface area contributed by atoms with Gasteiger partial charge in [0.05, 0.1) is 5.56 Å². The normalized spacial score (nSPS) is 18.3.